The van der Waals surface area contributed by atoms with Gasteiger partial charge in [-0.3, -0.25) is 0 Å². The minimum Gasteiger partial charge on any atom is -0.211 e. The molecule has 0 aliphatic rings. The quantitative estimate of drug-likeness (QED) is 0.280. The number of halogens is 10. The second kappa shape index (κ2) is 9.19. The molecule has 180 valence electrons. The van der Waals surface area contributed by atoms with Crippen molar-refractivity contribution < 1.29 is 60.7 Å². The smallest absolute Gasteiger partial charge is 0.211 e. The molecule has 0 aliphatic carbocycles. The molecule has 0 amide bonds. The van der Waals surface area contributed by atoms with E-state index in [1.165, 1.54) is 0 Å². The highest BCUT2D eigenvalue weighted by molar-refractivity contribution is 8.07. The standard InChI is InChI=1S/C16H5F10NO4S2/c17-7-5(8(18)12(22)15(25)11(7)21)1-3-32(28,29)27-33(30,31)4-2-6-9(19)13(23)16(26)14(24)10(6)20/h27H,1,3H2. The zero-order chi connectivity index (χ0) is 25.5. The maximum atomic E-state index is 13.6. The van der Waals surface area contributed by atoms with Gasteiger partial charge in [0.2, 0.25) is 21.7 Å². The molecule has 0 saturated heterocycles. The summed E-state index contributed by atoms with van der Waals surface area (Å²) in [6, 6.07) is 0. The van der Waals surface area contributed by atoms with E-state index < -0.39 is 102 Å². The average Bonchev–Trinajstić information content (AvgIpc) is 2.72. The number of hydrogen-bond acceptors (Lipinski definition) is 4. The van der Waals surface area contributed by atoms with E-state index in [1.807, 2.05) is 0 Å². The predicted molar refractivity (Wildman–Crippen MR) is 88.9 cm³/mol. The van der Waals surface area contributed by atoms with Crippen molar-refractivity contribution in [3.63, 3.8) is 0 Å². The first-order chi connectivity index (χ1) is 15.0. The molecule has 2 aromatic carbocycles. The molecule has 0 saturated carbocycles. The maximum Gasteiger partial charge on any atom is 0.293 e. The van der Waals surface area contributed by atoms with Crippen LogP contribution in [0, 0.1) is 69.3 Å². The second-order valence-corrected chi connectivity index (χ2v) is 9.39. The van der Waals surface area contributed by atoms with E-state index >= 15 is 0 Å². The van der Waals surface area contributed by atoms with Gasteiger partial charge in [0.1, 0.15) is 5.56 Å². The van der Waals surface area contributed by atoms with Gasteiger partial charge in [0.05, 0.1) is 11.0 Å². The fraction of sp³-hybridized carbons (Fsp3) is 0.125. The fourth-order valence-electron chi connectivity index (χ4n) is 2.17. The summed E-state index contributed by atoms with van der Waals surface area (Å²) in [5.41, 5.74) is -3.52. The van der Waals surface area contributed by atoms with Crippen molar-refractivity contribution in [1.82, 2.24) is 4.13 Å². The predicted octanol–water partition coefficient (Wildman–Crippen LogP) is 2.88. The first-order valence-corrected chi connectivity index (χ1v) is 10.9. The van der Waals surface area contributed by atoms with Crippen LogP contribution in [0.2, 0.25) is 0 Å². The van der Waals surface area contributed by atoms with Crippen LogP contribution in [-0.4, -0.2) is 22.6 Å². The lowest BCUT2D eigenvalue weighted by Gasteiger charge is -2.08. The molecule has 0 spiro atoms. The maximum absolute atomic E-state index is 13.6. The molecule has 2 rings (SSSR count). The average molecular weight is 529 g/mol. The van der Waals surface area contributed by atoms with Gasteiger partial charge in [-0.2, -0.15) is 8.42 Å². The summed E-state index contributed by atoms with van der Waals surface area (Å²) in [5, 5.41) is 0.912. The number of hydrogen-bond donors (Lipinski definition) is 1. The van der Waals surface area contributed by atoms with Crippen LogP contribution < -0.4 is 4.13 Å². The Hall–Kier alpha value is -2.84. The van der Waals surface area contributed by atoms with E-state index in [4.69, 9.17) is 0 Å². The molecule has 33 heavy (non-hydrogen) atoms. The van der Waals surface area contributed by atoms with Gasteiger partial charge in [0, 0.05) is 5.56 Å². The Morgan fingerprint density at radius 2 is 0.939 bits per heavy atom. The molecule has 0 atom stereocenters. The largest absolute Gasteiger partial charge is 0.293 e. The van der Waals surface area contributed by atoms with E-state index in [9.17, 15) is 60.7 Å². The van der Waals surface area contributed by atoms with E-state index in [-0.39, 0.29) is 0 Å². The fourth-order valence-corrected chi connectivity index (χ4v) is 4.72. The lowest BCUT2D eigenvalue weighted by atomic mass is 10.1. The van der Waals surface area contributed by atoms with Crippen LogP contribution in [0.5, 0.6) is 0 Å². The molecule has 0 aliphatic heterocycles. The third-order valence-electron chi connectivity index (χ3n) is 3.68. The molecule has 0 fully saturated rings. The Bertz CT molecular complexity index is 1370. The number of nitrogens with one attached hydrogen (secondary N) is 1. The third-order valence-corrected chi connectivity index (χ3v) is 6.68. The first kappa shape index (κ1) is 26.4. The van der Waals surface area contributed by atoms with Crippen molar-refractivity contribution >= 4 is 20.0 Å². The lowest BCUT2D eigenvalue weighted by molar-refractivity contribution is 0.370. The summed E-state index contributed by atoms with van der Waals surface area (Å²) in [6.45, 7) is 0. The van der Waals surface area contributed by atoms with Crippen LogP contribution in [0.3, 0.4) is 0 Å². The monoisotopic (exact) mass is 529 g/mol. The first-order valence-electron chi connectivity index (χ1n) is 7.81. The van der Waals surface area contributed by atoms with Crippen LogP contribution in [0.4, 0.5) is 43.9 Å². The lowest BCUT2D eigenvalue weighted by Crippen LogP contribution is -2.32. The van der Waals surface area contributed by atoms with Gasteiger partial charge in [0.25, 0.3) is 10.0 Å². The number of rotatable bonds is 5. The van der Waals surface area contributed by atoms with Crippen LogP contribution in [-0.2, 0) is 26.5 Å². The molecule has 0 radical (unpaired) electrons. The topological polar surface area (TPSA) is 80.3 Å². The highest BCUT2D eigenvalue weighted by Gasteiger charge is 2.28. The van der Waals surface area contributed by atoms with E-state index in [2.05, 4.69) is 0 Å². The molecular formula is C16H5F10NO4S2. The Morgan fingerprint density at radius 1 is 0.576 bits per heavy atom. The van der Waals surface area contributed by atoms with Crippen molar-refractivity contribution in [2.24, 2.45) is 0 Å². The van der Waals surface area contributed by atoms with Crippen LogP contribution in [0.15, 0.2) is 0 Å². The van der Waals surface area contributed by atoms with E-state index in [1.54, 1.807) is 0 Å². The Balaban J connectivity index is 2.31. The summed E-state index contributed by atoms with van der Waals surface area (Å²) in [5.74, 6) is -25.2. The summed E-state index contributed by atoms with van der Waals surface area (Å²) in [7, 11) is -10.6. The SMILES string of the molecule is O=S(=O)(C#Cc1c(F)c(F)c(F)c(F)c1F)NS(=O)(=O)CCc1c(F)c(F)c(F)c(F)c1F. The van der Waals surface area contributed by atoms with Crippen molar-refractivity contribution in [2.45, 2.75) is 6.42 Å². The van der Waals surface area contributed by atoms with Gasteiger partial charge in [-0.25, -0.2) is 52.3 Å². The molecular weight excluding hydrogens is 524 g/mol. The zero-order valence-corrected chi connectivity index (χ0v) is 16.8. The summed E-state index contributed by atoms with van der Waals surface area (Å²) in [6.07, 6.45) is -1.43. The van der Waals surface area contributed by atoms with Gasteiger partial charge in [0.15, 0.2) is 46.5 Å². The molecule has 0 bridgehead atoms. The van der Waals surface area contributed by atoms with E-state index in [0.717, 1.165) is 15.3 Å². The van der Waals surface area contributed by atoms with Crippen LogP contribution in [0.1, 0.15) is 11.1 Å². The molecule has 0 unspecified atom stereocenters. The number of benzene rings is 2. The van der Waals surface area contributed by atoms with Crippen molar-refractivity contribution in [1.29, 1.82) is 0 Å². The van der Waals surface area contributed by atoms with E-state index in [0.29, 0.717) is 0 Å². The van der Waals surface area contributed by atoms with Crippen molar-refractivity contribution in [3.8, 4) is 11.2 Å². The zero-order valence-electron chi connectivity index (χ0n) is 15.1. The highest BCUT2D eigenvalue weighted by atomic mass is 32.3. The third kappa shape index (κ3) is 5.39. The second-order valence-electron chi connectivity index (χ2n) is 5.88. The normalized spacial score (nSPS) is 11.9. The Labute approximate surface area is 178 Å². The summed E-state index contributed by atoms with van der Waals surface area (Å²) < 4.78 is 180. The molecule has 1 N–H and O–H groups in total. The molecule has 0 aromatic heterocycles. The minimum absolute atomic E-state index is 0.790. The Morgan fingerprint density at radius 3 is 1.36 bits per heavy atom. The highest BCUT2D eigenvalue weighted by Crippen LogP contribution is 2.24. The van der Waals surface area contributed by atoms with Gasteiger partial charge < -0.3 is 0 Å². The Kier molecular flexibility index (Phi) is 7.36. The van der Waals surface area contributed by atoms with Gasteiger partial charge in [-0.15, -0.1) is 0 Å². The van der Waals surface area contributed by atoms with Gasteiger partial charge in [-0.1, -0.05) is 4.13 Å². The molecule has 17 heteroatoms. The summed E-state index contributed by atoms with van der Waals surface area (Å²) >= 11 is 0. The van der Waals surface area contributed by atoms with Crippen molar-refractivity contribution in [3.05, 3.63) is 69.3 Å². The van der Waals surface area contributed by atoms with Crippen LogP contribution >= 0.6 is 0 Å². The molecule has 2 aromatic rings. The van der Waals surface area contributed by atoms with Gasteiger partial charge in [-0.05, 0) is 12.3 Å². The van der Waals surface area contributed by atoms with Crippen LogP contribution in [0.25, 0.3) is 0 Å². The summed E-state index contributed by atoms with van der Waals surface area (Å²) in [4.78, 5) is 0. The minimum atomic E-state index is -5.42. The molecule has 5 nitrogen and oxygen atoms in total. The van der Waals surface area contributed by atoms with Crippen molar-refractivity contribution in [2.75, 3.05) is 5.75 Å². The molecule has 0 heterocycles. The van der Waals surface area contributed by atoms with Gasteiger partial charge >= 0.3 is 0 Å². The number of sulfonamides is 2.